The Morgan fingerprint density at radius 2 is 2.14 bits per heavy atom. The van der Waals surface area contributed by atoms with Crippen LogP contribution in [-0.4, -0.2) is 7.05 Å². The second-order valence-corrected chi connectivity index (χ2v) is 5.38. The molecule has 0 saturated carbocycles. The van der Waals surface area contributed by atoms with E-state index in [0.29, 0.717) is 0 Å². The van der Waals surface area contributed by atoms with Gasteiger partial charge in [-0.2, -0.15) is 0 Å². The minimum absolute atomic E-state index is 0.230. The topological polar surface area (TPSA) is 12.0 Å². The highest BCUT2D eigenvalue weighted by molar-refractivity contribution is 7.14. The van der Waals surface area contributed by atoms with Crippen molar-refractivity contribution in [1.82, 2.24) is 5.32 Å². The van der Waals surface area contributed by atoms with E-state index in [1.54, 1.807) is 22.7 Å². The Kier molecular flexibility index (Phi) is 3.23. The van der Waals surface area contributed by atoms with Gasteiger partial charge in [0.05, 0.1) is 10.4 Å². The molecule has 0 aromatic carbocycles. The zero-order valence-electron chi connectivity index (χ0n) is 7.66. The van der Waals surface area contributed by atoms with Crippen LogP contribution >= 0.6 is 34.3 Å². The molecule has 0 aliphatic carbocycles. The minimum atomic E-state index is 0.230. The first-order valence-corrected chi connectivity index (χ1v) is 6.40. The maximum Gasteiger partial charge on any atom is 0.0979 e. The van der Waals surface area contributed by atoms with E-state index in [-0.39, 0.29) is 6.04 Å². The molecular formula is C10H10ClNS2. The lowest BCUT2D eigenvalue weighted by Gasteiger charge is -2.13. The highest BCUT2D eigenvalue weighted by Gasteiger charge is 2.16. The van der Waals surface area contributed by atoms with Gasteiger partial charge in [0.1, 0.15) is 0 Å². The van der Waals surface area contributed by atoms with Gasteiger partial charge < -0.3 is 5.32 Å². The highest BCUT2D eigenvalue weighted by Crippen LogP contribution is 2.33. The molecule has 0 aliphatic heterocycles. The number of rotatable bonds is 3. The van der Waals surface area contributed by atoms with Crippen LogP contribution in [-0.2, 0) is 0 Å². The number of thiophene rings is 2. The Morgan fingerprint density at radius 1 is 1.29 bits per heavy atom. The van der Waals surface area contributed by atoms with Crippen LogP contribution in [0.2, 0.25) is 4.34 Å². The van der Waals surface area contributed by atoms with Crippen LogP contribution in [0.25, 0.3) is 0 Å². The van der Waals surface area contributed by atoms with E-state index in [1.165, 1.54) is 10.4 Å². The fourth-order valence-corrected chi connectivity index (χ4v) is 3.25. The van der Waals surface area contributed by atoms with Gasteiger partial charge in [0, 0.05) is 10.4 Å². The highest BCUT2D eigenvalue weighted by atomic mass is 35.5. The molecule has 0 radical (unpaired) electrons. The molecule has 2 rings (SSSR count). The number of nitrogens with one attached hydrogen (secondary N) is 1. The largest absolute Gasteiger partial charge is 0.309 e. The predicted molar refractivity (Wildman–Crippen MR) is 64.6 cm³/mol. The van der Waals surface area contributed by atoms with Crippen molar-refractivity contribution in [3.8, 4) is 0 Å². The quantitative estimate of drug-likeness (QED) is 0.866. The summed E-state index contributed by atoms with van der Waals surface area (Å²) >= 11 is 9.43. The first kappa shape index (κ1) is 10.2. The number of halogens is 1. The monoisotopic (exact) mass is 243 g/mol. The molecule has 74 valence electrons. The van der Waals surface area contributed by atoms with Gasteiger partial charge >= 0.3 is 0 Å². The smallest absolute Gasteiger partial charge is 0.0979 e. The predicted octanol–water partition coefficient (Wildman–Crippen LogP) is 3.77. The Balaban J connectivity index is 2.36. The molecule has 1 nitrogen and oxygen atoms in total. The fourth-order valence-electron chi connectivity index (χ4n) is 1.42. The average molecular weight is 244 g/mol. The van der Waals surface area contributed by atoms with Gasteiger partial charge in [0.25, 0.3) is 0 Å². The molecule has 0 saturated heterocycles. The van der Waals surface area contributed by atoms with E-state index in [0.717, 1.165) is 4.34 Å². The summed E-state index contributed by atoms with van der Waals surface area (Å²) < 4.78 is 0.873. The molecule has 1 N–H and O–H groups in total. The van der Waals surface area contributed by atoms with Crippen molar-refractivity contribution < 1.29 is 0 Å². The zero-order valence-corrected chi connectivity index (χ0v) is 10.0. The van der Waals surface area contributed by atoms with E-state index < -0.39 is 0 Å². The lowest BCUT2D eigenvalue weighted by Crippen LogP contribution is -2.15. The van der Waals surface area contributed by atoms with Crippen LogP contribution in [0.15, 0.2) is 29.0 Å². The first-order valence-electron chi connectivity index (χ1n) is 4.26. The van der Waals surface area contributed by atoms with E-state index in [4.69, 9.17) is 11.6 Å². The fraction of sp³-hybridized carbons (Fsp3) is 0.200. The van der Waals surface area contributed by atoms with Crippen molar-refractivity contribution >= 4 is 34.3 Å². The van der Waals surface area contributed by atoms with Gasteiger partial charge in [-0.3, -0.25) is 0 Å². The van der Waals surface area contributed by atoms with Crippen molar-refractivity contribution in [2.45, 2.75) is 6.04 Å². The standard InChI is InChI=1S/C10H10ClNS2/c1-12-9(8-3-2-5-13-8)7-4-6-14-10(7)11/h2-6,9,12H,1H3. The van der Waals surface area contributed by atoms with E-state index in [2.05, 4.69) is 28.9 Å². The Morgan fingerprint density at radius 3 is 2.64 bits per heavy atom. The van der Waals surface area contributed by atoms with Gasteiger partial charge in [-0.15, -0.1) is 22.7 Å². The SMILES string of the molecule is CNC(c1cccs1)c1ccsc1Cl. The molecule has 0 spiro atoms. The Hall–Kier alpha value is -0.350. The van der Waals surface area contributed by atoms with Crippen LogP contribution in [0.4, 0.5) is 0 Å². The molecule has 1 atom stereocenters. The summed E-state index contributed by atoms with van der Waals surface area (Å²) in [7, 11) is 1.96. The lowest BCUT2D eigenvalue weighted by molar-refractivity contribution is 0.706. The molecule has 2 aromatic heterocycles. The summed E-state index contributed by atoms with van der Waals surface area (Å²) in [4.78, 5) is 1.30. The lowest BCUT2D eigenvalue weighted by atomic mass is 10.1. The zero-order chi connectivity index (χ0) is 9.97. The molecular weight excluding hydrogens is 234 g/mol. The van der Waals surface area contributed by atoms with Crippen molar-refractivity contribution in [1.29, 1.82) is 0 Å². The van der Waals surface area contributed by atoms with Gasteiger partial charge in [-0.1, -0.05) is 17.7 Å². The molecule has 2 heterocycles. The van der Waals surface area contributed by atoms with Crippen LogP contribution < -0.4 is 5.32 Å². The molecule has 0 aliphatic rings. The summed E-state index contributed by atoms with van der Waals surface area (Å²) in [5, 5.41) is 7.39. The summed E-state index contributed by atoms with van der Waals surface area (Å²) in [6.07, 6.45) is 0. The molecule has 1 unspecified atom stereocenters. The third-order valence-corrected chi connectivity index (χ3v) is 4.21. The van der Waals surface area contributed by atoms with Crippen molar-refractivity contribution in [3.63, 3.8) is 0 Å². The van der Waals surface area contributed by atoms with E-state index in [9.17, 15) is 0 Å². The molecule has 4 heteroatoms. The molecule has 0 fully saturated rings. The van der Waals surface area contributed by atoms with Gasteiger partial charge in [0.15, 0.2) is 0 Å². The molecule has 14 heavy (non-hydrogen) atoms. The molecule has 2 aromatic rings. The molecule has 0 bridgehead atoms. The maximum absolute atomic E-state index is 6.11. The normalized spacial score (nSPS) is 13.0. The summed E-state index contributed by atoms with van der Waals surface area (Å²) in [5.74, 6) is 0. The van der Waals surface area contributed by atoms with E-state index in [1.807, 2.05) is 12.4 Å². The van der Waals surface area contributed by atoms with Crippen LogP contribution in [0.5, 0.6) is 0 Å². The number of hydrogen-bond acceptors (Lipinski definition) is 3. The van der Waals surface area contributed by atoms with Crippen LogP contribution in [0, 0.1) is 0 Å². The first-order chi connectivity index (χ1) is 6.83. The number of hydrogen-bond donors (Lipinski definition) is 1. The van der Waals surface area contributed by atoms with Crippen LogP contribution in [0.1, 0.15) is 16.5 Å². The van der Waals surface area contributed by atoms with Crippen LogP contribution in [0.3, 0.4) is 0 Å². The summed E-state index contributed by atoms with van der Waals surface area (Å²) in [6.45, 7) is 0. The van der Waals surface area contributed by atoms with Gasteiger partial charge in [-0.25, -0.2) is 0 Å². The minimum Gasteiger partial charge on any atom is -0.309 e. The van der Waals surface area contributed by atoms with E-state index >= 15 is 0 Å². The van der Waals surface area contributed by atoms with Gasteiger partial charge in [0.2, 0.25) is 0 Å². The second-order valence-electron chi connectivity index (χ2n) is 2.89. The Labute approximate surface area is 96.4 Å². The Bertz CT molecular complexity index is 394. The maximum atomic E-state index is 6.11. The summed E-state index contributed by atoms with van der Waals surface area (Å²) in [5.41, 5.74) is 1.17. The average Bonchev–Trinajstić information content (AvgIpc) is 2.80. The second kappa shape index (κ2) is 4.45. The third kappa shape index (κ3) is 1.86. The van der Waals surface area contributed by atoms with Crippen molar-refractivity contribution in [2.75, 3.05) is 7.05 Å². The summed E-state index contributed by atoms with van der Waals surface area (Å²) in [6, 6.07) is 6.49. The molecule has 0 amide bonds. The third-order valence-electron chi connectivity index (χ3n) is 2.07. The van der Waals surface area contributed by atoms with Gasteiger partial charge in [-0.05, 0) is 29.9 Å². The van der Waals surface area contributed by atoms with Crippen molar-refractivity contribution in [3.05, 3.63) is 43.7 Å². The van der Waals surface area contributed by atoms with Crippen molar-refractivity contribution in [2.24, 2.45) is 0 Å².